The van der Waals surface area contributed by atoms with Crippen LogP contribution in [0.15, 0.2) is 40.8 Å². The second-order valence-corrected chi connectivity index (χ2v) is 5.47. The number of benzene rings is 1. The van der Waals surface area contributed by atoms with Gasteiger partial charge < -0.3 is 14.8 Å². The predicted octanol–water partition coefficient (Wildman–Crippen LogP) is 2.33. The summed E-state index contributed by atoms with van der Waals surface area (Å²) >= 11 is 0. The van der Waals surface area contributed by atoms with Gasteiger partial charge in [-0.1, -0.05) is 31.2 Å². The van der Waals surface area contributed by atoms with Crippen LogP contribution in [0.4, 0.5) is 4.79 Å². The van der Waals surface area contributed by atoms with Crippen molar-refractivity contribution < 1.29 is 23.9 Å². The first kappa shape index (κ1) is 15.8. The van der Waals surface area contributed by atoms with E-state index in [2.05, 4.69) is 5.32 Å². The molecule has 7 heteroatoms. The van der Waals surface area contributed by atoms with E-state index in [0.29, 0.717) is 5.56 Å². The highest BCUT2D eigenvalue weighted by molar-refractivity contribution is 6.04. The number of rotatable bonds is 5. The number of amides is 3. The highest BCUT2D eigenvalue weighted by atomic mass is 16.4. The zero-order valence-electron chi connectivity index (χ0n) is 13.0. The minimum atomic E-state index is -1.20. The van der Waals surface area contributed by atoms with Gasteiger partial charge in [0.15, 0.2) is 0 Å². The molecule has 0 bridgehead atoms. The van der Waals surface area contributed by atoms with E-state index in [4.69, 9.17) is 9.52 Å². The van der Waals surface area contributed by atoms with Crippen molar-refractivity contribution in [1.29, 1.82) is 0 Å². The number of hydrogen-bond donors (Lipinski definition) is 2. The Hall–Kier alpha value is -3.09. The van der Waals surface area contributed by atoms with Crippen LogP contribution in [0.3, 0.4) is 0 Å². The smallest absolute Gasteiger partial charge is 0.371 e. The maximum absolute atomic E-state index is 12.5. The van der Waals surface area contributed by atoms with Gasteiger partial charge in [-0.25, -0.2) is 9.59 Å². The topological polar surface area (TPSA) is 99.8 Å². The average molecular weight is 328 g/mol. The number of carboxylic acid groups (broad SMARTS) is 1. The first-order chi connectivity index (χ1) is 11.5. The molecule has 0 radical (unpaired) electrons. The quantitative estimate of drug-likeness (QED) is 0.821. The van der Waals surface area contributed by atoms with Crippen molar-refractivity contribution in [3.63, 3.8) is 0 Å². The Bertz CT molecular complexity index is 794. The van der Waals surface area contributed by atoms with E-state index < -0.39 is 23.9 Å². The Balaban J connectivity index is 1.76. The Morgan fingerprint density at radius 3 is 2.50 bits per heavy atom. The number of hydrogen-bond acceptors (Lipinski definition) is 4. The molecule has 2 heterocycles. The van der Waals surface area contributed by atoms with E-state index in [1.165, 1.54) is 12.1 Å². The van der Waals surface area contributed by atoms with Crippen molar-refractivity contribution in [2.45, 2.75) is 25.9 Å². The van der Waals surface area contributed by atoms with Gasteiger partial charge in [0.25, 0.3) is 5.91 Å². The molecule has 2 N–H and O–H groups in total. The van der Waals surface area contributed by atoms with Crippen LogP contribution in [0.5, 0.6) is 0 Å². The highest BCUT2D eigenvalue weighted by Gasteiger charge is 2.39. The molecular formula is C17H16N2O5. The minimum Gasteiger partial charge on any atom is -0.475 e. The van der Waals surface area contributed by atoms with Crippen molar-refractivity contribution in [2.24, 2.45) is 0 Å². The Labute approximate surface area is 137 Å². The summed E-state index contributed by atoms with van der Waals surface area (Å²) in [6.07, 6.45) is 0.891. The summed E-state index contributed by atoms with van der Waals surface area (Å²) in [4.78, 5) is 36.4. The molecule has 1 aromatic heterocycles. The molecule has 1 atom stereocenters. The fraction of sp³-hybridized carbons (Fsp3) is 0.235. The molecule has 1 aliphatic rings. The predicted molar refractivity (Wildman–Crippen MR) is 83.3 cm³/mol. The molecule has 0 aliphatic carbocycles. The summed E-state index contributed by atoms with van der Waals surface area (Å²) in [5, 5.41) is 11.5. The highest BCUT2D eigenvalue weighted by Crippen LogP contribution is 2.24. The van der Waals surface area contributed by atoms with E-state index in [9.17, 15) is 14.4 Å². The second kappa shape index (κ2) is 6.19. The molecule has 1 saturated heterocycles. The molecule has 7 nitrogen and oxygen atoms in total. The first-order valence-corrected chi connectivity index (χ1v) is 7.52. The zero-order valence-corrected chi connectivity index (χ0v) is 13.0. The van der Waals surface area contributed by atoms with Crippen molar-refractivity contribution in [3.05, 3.63) is 59.0 Å². The normalized spacial score (nSPS) is 17.2. The molecule has 24 heavy (non-hydrogen) atoms. The molecule has 0 saturated carbocycles. The number of aryl methyl sites for hydroxylation is 1. The molecule has 1 aromatic carbocycles. The molecule has 0 spiro atoms. The number of nitrogens with one attached hydrogen (secondary N) is 1. The molecular weight excluding hydrogens is 312 g/mol. The van der Waals surface area contributed by atoms with E-state index in [-0.39, 0.29) is 18.1 Å². The summed E-state index contributed by atoms with van der Waals surface area (Å²) in [5.74, 6) is -1.59. The lowest BCUT2D eigenvalue weighted by Gasteiger charge is -2.11. The van der Waals surface area contributed by atoms with Gasteiger partial charge in [0, 0.05) is 0 Å². The lowest BCUT2D eigenvalue weighted by molar-refractivity contribution is -0.128. The van der Waals surface area contributed by atoms with Crippen LogP contribution in [0, 0.1) is 0 Å². The van der Waals surface area contributed by atoms with Crippen LogP contribution >= 0.6 is 0 Å². The molecule has 3 rings (SSSR count). The lowest BCUT2D eigenvalue weighted by Crippen LogP contribution is -2.30. The third kappa shape index (κ3) is 2.88. The Kier molecular flexibility index (Phi) is 4.07. The van der Waals surface area contributed by atoms with Crippen LogP contribution in [0.1, 0.15) is 40.4 Å². The fourth-order valence-corrected chi connectivity index (χ4v) is 2.57. The SMILES string of the molecule is CCc1ccc(C2NC(=O)N(Cc3ccc(C(=O)O)o3)C2=O)cc1. The largest absolute Gasteiger partial charge is 0.475 e. The van der Waals surface area contributed by atoms with E-state index >= 15 is 0 Å². The molecule has 2 aromatic rings. The summed E-state index contributed by atoms with van der Waals surface area (Å²) < 4.78 is 5.10. The summed E-state index contributed by atoms with van der Waals surface area (Å²) in [5.41, 5.74) is 1.85. The summed E-state index contributed by atoms with van der Waals surface area (Å²) in [6.45, 7) is 1.93. The van der Waals surface area contributed by atoms with E-state index in [0.717, 1.165) is 16.9 Å². The third-order valence-corrected chi connectivity index (χ3v) is 3.93. The molecule has 1 aliphatic heterocycles. The van der Waals surface area contributed by atoms with Crippen LogP contribution in [-0.2, 0) is 17.8 Å². The summed E-state index contributed by atoms with van der Waals surface area (Å²) in [7, 11) is 0. The van der Waals surface area contributed by atoms with Crippen molar-refractivity contribution in [3.8, 4) is 0 Å². The third-order valence-electron chi connectivity index (χ3n) is 3.93. The lowest BCUT2D eigenvalue weighted by atomic mass is 10.0. The van der Waals surface area contributed by atoms with E-state index in [1.54, 1.807) is 0 Å². The molecule has 124 valence electrons. The zero-order chi connectivity index (χ0) is 17.3. The maximum Gasteiger partial charge on any atom is 0.371 e. The Morgan fingerprint density at radius 1 is 1.21 bits per heavy atom. The van der Waals surface area contributed by atoms with Gasteiger partial charge in [-0.3, -0.25) is 9.69 Å². The van der Waals surface area contributed by atoms with Gasteiger partial charge in [-0.05, 0) is 29.7 Å². The van der Waals surface area contributed by atoms with Gasteiger partial charge >= 0.3 is 12.0 Å². The average Bonchev–Trinajstić information content (AvgIpc) is 3.15. The number of aromatic carboxylic acids is 1. The molecule has 1 unspecified atom stereocenters. The number of nitrogens with zero attached hydrogens (tertiary/aromatic N) is 1. The molecule has 3 amide bonds. The number of carbonyl (C=O) groups excluding carboxylic acids is 2. The minimum absolute atomic E-state index is 0.110. The summed E-state index contributed by atoms with van der Waals surface area (Å²) in [6, 6.07) is 8.94. The maximum atomic E-state index is 12.5. The van der Waals surface area contributed by atoms with E-state index in [1.807, 2.05) is 31.2 Å². The number of urea groups is 1. The fourth-order valence-electron chi connectivity index (χ4n) is 2.57. The van der Waals surface area contributed by atoms with Crippen LogP contribution in [-0.4, -0.2) is 27.9 Å². The molecule has 1 fully saturated rings. The van der Waals surface area contributed by atoms with Crippen LogP contribution in [0.2, 0.25) is 0 Å². The first-order valence-electron chi connectivity index (χ1n) is 7.52. The number of imide groups is 1. The van der Waals surface area contributed by atoms with Gasteiger partial charge in [-0.15, -0.1) is 0 Å². The second-order valence-electron chi connectivity index (χ2n) is 5.47. The van der Waals surface area contributed by atoms with Gasteiger partial charge in [0.1, 0.15) is 11.8 Å². The van der Waals surface area contributed by atoms with Gasteiger partial charge in [0.2, 0.25) is 5.76 Å². The monoisotopic (exact) mass is 328 g/mol. The van der Waals surface area contributed by atoms with Crippen LogP contribution < -0.4 is 5.32 Å². The standard InChI is InChI=1S/C17H16N2O5/c1-2-10-3-5-11(6-4-10)14-15(20)19(17(23)18-14)9-12-7-8-13(24-12)16(21)22/h3-8,14H,2,9H2,1H3,(H,18,23)(H,21,22). The van der Waals surface area contributed by atoms with Crippen molar-refractivity contribution >= 4 is 17.9 Å². The van der Waals surface area contributed by atoms with Crippen molar-refractivity contribution in [1.82, 2.24) is 10.2 Å². The van der Waals surface area contributed by atoms with Gasteiger partial charge in [-0.2, -0.15) is 0 Å². The number of carbonyl (C=O) groups is 3. The Morgan fingerprint density at radius 2 is 1.92 bits per heavy atom. The van der Waals surface area contributed by atoms with Gasteiger partial charge in [0.05, 0.1) is 6.54 Å². The van der Waals surface area contributed by atoms with Crippen LogP contribution in [0.25, 0.3) is 0 Å². The number of carboxylic acids is 1. The van der Waals surface area contributed by atoms with Crippen molar-refractivity contribution in [2.75, 3.05) is 0 Å². The number of furan rings is 1.